The van der Waals surface area contributed by atoms with E-state index in [9.17, 15) is 9.59 Å². The fraction of sp³-hybridized carbons (Fsp3) is 0.412. The minimum Gasteiger partial charge on any atom is -0.498 e. The first kappa shape index (κ1) is 17.9. The molecule has 7 heteroatoms. The quantitative estimate of drug-likeness (QED) is 0.462. The normalized spacial score (nSPS) is 15.5. The number of para-hydroxylation sites is 1. The van der Waals surface area contributed by atoms with Crippen LogP contribution in [0.5, 0.6) is 5.75 Å². The molecule has 0 radical (unpaired) electrons. The van der Waals surface area contributed by atoms with Gasteiger partial charge in [-0.2, -0.15) is 0 Å². The van der Waals surface area contributed by atoms with E-state index < -0.39 is 19.1 Å². The number of hydrogen-bond donors (Lipinski definition) is 0. The second kappa shape index (κ2) is 9.63. The Morgan fingerprint density at radius 3 is 2.46 bits per heavy atom. The molecule has 1 heterocycles. The Bertz CT molecular complexity index is 590. The van der Waals surface area contributed by atoms with Gasteiger partial charge in [0.05, 0.1) is 26.0 Å². The molecule has 0 amide bonds. The Hall–Kier alpha value is -2.46. The average Bonchev–Trinajstić information content (AvgIpc) is 2.53. The fourth-order valence-corrected chi connectivity index (χ4v) is 2.08. The zero-order chi connectivity index (χ0) is 17.2. The molecule has 0 spiro atoms. The van der Waals surface area contributed by atoms with Gasteiger partial charge in [0, 0.05) is 6.42 Å². The summed E-state index contributed by atoms with van der Waals surface area (Å²) in [6, 6.07) is 9.58. The summed E-state index contributed by atoms with van der Waals surface area (Å²) in [7, 11) is 0.729. The van der Waals surface area contributed by atoms with E-state index in [1.54, 1.807) is 11.9 Å². The van der Waals surface area contributed by atoms with Gasteiger partial charge < -0.3 is 14.0 Å². The molecular weight excluding hydrogens is 309 g/mol. The summed E-state index contributed by atoms with van der Waals surface area (Å²) < 4.78 is 15.7. The van der Waals surface area contributed by atoms with Crippen molar-refractivity contribution in [1.29, 1.82) is 0 Å². The summed E-state index contributed by atoms with van der Waals surface area (Å²) >= 11 is 0. The number of carbonyl (C=O) groups excluding carboxylic acids is 2. The topological polar surface area (TPSA) is 65.1 Å². The molecule has 0 N–H and O–H groups in total. The predicted molar refractivity (Wildman–Crippen MR) is 89.2 cm³/mol. The first-order valence-corrected chi connectivity index (χ1v) is 7.84. The third-order valence-electron chi connectivity index (χ3n) is 3.18. The Balaban J connectivity index is 1.66. The number of likely N-dealkylation sites (N-methyl/N-ethyl adjacent to an activating group) is 1. The Labute approximate surface area is 142 Å². The van der Waals surface area contributed by atoms with Crippen LogP contribution in [0.15, 0.2) is 30.3 Å². The average molecular weight is 329 g/mol. The third-order valence-corrected chi connectivity index (χ3v) is 3.18. The lowest BCUT2D eigenvalue weighted by molar-refractivity contribution is -0.145. The van der Waals surface area contributed by atoms with Crippen molar-refractivity contribution >= 4 is 19.1 Å². The molecule has 1 aromatic rings. The number of unbranched alkanes of at least 4 members (excludes halogenated alkanes) is 1. The van der Waals surface area contributed by atoms with E-state index in [2.05, 4.69) is 11.8 Å². The highest BCUT2D eigenvalue weighted by Gasteiger charge is 2.30. The molecule has 0 saturated carbocycles. The maximum atomic E-state index is 11.6. The zero-order valence-corrected chi connectivity index (χ0v) is 13.7. The Morgan fingerprint density at radius 1 is 1.12 bits per heavy atom. The monoisotopic (exact) mass is 329 g/mol. The number of benzene rings is 1. The first-order chi connectivity index (χ1) is 11.6. The van der Waals surface area contributed by atoms with Crippen LogP contribution in [0.25, 0.3) is 0 Å². The van der Waals surface area contributed by atoms with E-state index >= 15 is 0 Å². The second-order valence-corrected chi connectivity index (χ2v) is 5.40. The van der Waals surface area contributed by atoms with Crippen LogP contribution in [0.1, 0.15) is 12.8 Å². The molecule has 0 atom stereocenters. The Kier molecular flexibility index (Phi) is 7.18. The summed E-state index contributed by atoms with van der Waals surface area (Å²) in [5.74, 6) is 5.84. The van der Waals surface area contributed by atoms with E-state index in [-0.39, 0.29) is 19.4 Å². The number of hydrogen-bond acceptors (Lipinski definition) is 6. The van der Waals surface area contributed by atoms with E-state index in [4.69, 9.17) is 14.0 Å². The van der Waals surface area contributed by atoms with Crippen molar-refractivity contribution < 1.29 is 23.6 Å². The smallest absolute Gasteiger partial charge is 0.498 e. The molecule has 0 aliphatic carbocycles. The molecule has 1 aromatic carbocycles. The van der Waals surface area contributed by atoms with Gasteiger partial charge in [-0.05, 0) is 25.6 Å². The summed E-state index contributed by atoms with van der Waals surface area (Å²) in [4.78, 5) is 24.6. The van der Waals surface area contributed by atoms with Crippen LogP contribution in [0, 0.1) is 11.8 Å². The van der Waals surface area contributed by atoms with Gasteiger partial charge in [0.1, 0.15) is 5.75 Å². The predicted octanol–water partition coefficient (Wildman–Crippen LogP) is 1.37. The molecule has 1 saturated heterocycles. The van der Waals surface area contributed by atoms with Crippen LogP contribution >= 0.6 is 0 Å². The van der Waals surface area contributed by atoms with Gasteiger partial charge in [-0.15, -0.1) is 11.8 Å². The van der Waals surface area contributed by atoms with Crippen molar-refractivity contribution in [2.75, 3.05) is 26.7 Å². The number of carbonyl (C=O) groups is 2. The lowest BCUT2D eigenvalue weighted by atomic mass is 9.84. The molecule has 24 heavy (non-hydrogen) atoms. The van der Waals surface area contributed by atoms with Gasteiger partial charge in [-0.1, -0.05) is 18.2 Å². The van der Waals surface area contributed by atoms with Crippen LogP contribution in [0.4, 0.5) is 0 Å². The second-order valence-electron chi connectivity index (χ2n) is 5.40. The molecule has 0 bridgehead atoms. The molecule has 1 aliphatic rings. The van der Waals surface area contributed by atoms with Crippen molar-refractivity contribution in [2.45, 2.75) is 19.2 Å². The molecule has 6 nitrogen and oxygen atoms in total. The summed E-state index contributed by atoms with van der Waals surface area (Å²) in [5.41, 5.74) is 0. The van der Waals surface area contributed by atoms with Crippen molar-refractivity contribution in [2.24, 2.45) is 0 Å². The highest BCUT2D eigenvalue weighted by Crippen LogP contribution is 2.08. The Morgan fingerprint density at radius 2 is 1.79 bits per heavy atom. The largest absolute Gasteiger partial charge is 0.611 e. The highest BCUT2D eigenvalue weighted by atomic mass is 16.6. The standard InChI is InChI=1S/C17H20BNO5/c1-19-13-16(20)23-18(24-17(21)14-19)11-7-2-3-8-12-22-15-9-5-4-6-10-15/h4-6,9-10H,3,8,11-14H2,1H3. The van der Waals surface area contributed by atoms with E-state index in [0.717, 1.165) is 12.2 Å². The lowest BCUT2D eigenvalue weighted by Crippen LogP contribution is -2.42. The zero-order valence-electron chi connectivity index (χ0n) is 13.7. The summed E-state index contributed by atoms with van der Waals surface area (Å²) in [6.07, 6.45) is 1.63. The minimum atomic E-state index is -0.924. The van der Waals surface area contributed by atoms with Gasteiger partial charge in [0.2, 0.25) is 0 Å². The van der Waals surface area contributed by atoms with Crippen LogP contribution in [-0.2, 0) is 18.9 Å². The molecule has 126 valence electrons. The summed E-state index contributed by atoms with van der Waals surface area (Å²) in [5, 5.41) is 0. The van der Waals surface area contributed by atoms with Crippen LogP contribution in [-0.4, -0.2) is 50.7 Å². The molecule has 0 unspecified atom stereocenters. The first-order valence-electron chi connectivity index (χ1n) is 7.84. The number of nitrogens with zero attached hydrogens (tertiary/aromatic N) is 1. The van der Waals surface area contributed by atoms with Gasteiger partial charge in [0.25, 0.3) is 0 Å². The van der Waals surface area contributed by atoms with Gasteiger partial charge in [-0.3, -0.25) is 14.5 Å². The molecule has 1 fully saturated rings. The fourth-order valence-electron chi connectivity index (χ4n) is 2.08. The maximum Gasteiger partial charge on any atom is 0.611 e. The SMILES string of the molecule is CN1CC(=O)OB(CC#CCCCOc2ccccc2)OC(=O)C1. The molecule has 2 rings (SSSR count). The van der Waals surface area contributed by atoms with Crippen LogP contribution in [0.2, 0.25) is 6.32 Å². The van der Waals surface area contributed by atoms with E-state index in [1.807, 2.05) is 30.3 Å². The van der Waals surface area contributed by atoms with Crippen molar-refractivity contribution in [3.05, 3.63) is 30.3 Å². The maximum absolute atomic E-state index is 11.6. The summed E-state index contributed by atoms with van der Waals surface area (Å²) in [6.45, 7) is 0.712. The van der Waals surface area contributed by atoms with Crippen LogP contribution < -0.4 is 4.74 Å². The molecule has 1 aliphatic heterocycles. The number of ether oxygens (including phenoxy) is 1. The van der Waals surface area contributed by atoms with E-state index in [0.29, 0.717) is 13.0 Å². The lowest BCUT2D eigenvalue weighted by Gasteiger charge is -2.21. The number of rotatable bonds is 5. The van der Waals surface area contributed by atoms with Crippen LogP contribution in [0.3, 0.4) is 0 Å². The van der Waals surface area contributed by atoms with E-state index in [1.165, 1.54) is 0 Å². The minimum absolute atomic E-state index is 0.0653. The highest BCUT2D eigenvalue weighted by molar-refractivity contribution is 6.50. The third kappa shape index (κ3) is 6.76. The van der Waals surface area contributed by atoms with Crippen molar-refractivity contribution in [3.63, 3.8) is 0 Å². The van der Waals surface area contributed by atoms with Gasteiger partial charge in [0.15, 0.2) is 0 Å². The van der Waals surface area contributed by atoms with Crippen molar-refractivity contribution in [3.8, 4) is 17.6 Å². The van der Waals surface area contributed by atoms with Gasteiger partial charge >= 0.3 is 19.1 Å². The molecular formula is C17H20BNO5. The molecule has 0 aromatic heterocycles. The van der Waals surface area contributed by atoms with Gasteiger partial charge in [-0.25, -0.2) is 0 Å². The van der Waals surface area contributed by atoms with Crippen molar-refractivity contribution in [1.82, 2.24) is 4.90 Å².